The number of rotatable bonds is 4. The Bertz CT molecular complexity index is 448. The van der Waals surface area contributed by atoms with Crippen molar-refractivity contribution in [3.05, 3.63) is 53.3 Å². The Labute approximate surface area is 107 Å². The molecular formula is C14H17ClN2. The van der Waals surface area contributed by atoms with Crippen molar-refractivity contribution in [2.75, 3.05) is 0 Å². The van der Waals surface area contributed by atoms with Crippen molar-refractivity contribution in [1.29, 1.82) is 0 Å². The van der Waals surface area contributed by atoms with E-state index in [2.05, 4.69) is 48.3 Å². The van der Waals surface area contributed by atoms with Crippen LogP contribution >= 0.6 is 11.6 Å². The highest BCUT2D eigenvalue weighted by atomic mass is 35.5. The molecule has 2 nitrogen and oxygen atoms in total. The number of hydrogen-bond acceptors (Lipinski definition) is 1. The van der Waals surface area contributed by atoms with Gasteiger partial charge >= 0.3 is 0 Å². The van der Waals surface area contributed by atoms with Crippen LogP contribution in [-0.4, -0.2) is 10.2 Å². The first-order chi connectivity index (χ1) is 8.22. The molecule has 90 valence electrons. The Hall–Kier alpha value is -1.28. The molecule has 0 aliphatic carbocycles. The van der Waals surface area contributed by atoms with E-state index in [1.165, 1.54) is 5.56 Å². The van der Waals surface area contributed by atoms with E-state index in [0.717, 1.165) is 17.7 Å². The van der Waals surface area contributed by atoms with Crippen molar-refractivity contribution in [3.8, 4) is 0 Å². The number of H-pyrrole nitrogens is 1. The maximum Gasteiger partial charge on any atom is 0.100 e. The summed E-state index contributed by atoms with van der Waals surface area (Å²) in [6, 6.07) is 10.4. The summed E-state index contributed by atoms with van der Waals surface area (Å²) in [5.41, 5.74) is 3.40. The first-order valence-corrected chi connectivity index (χ1v) is 6.39. The maximum atomic E-state index is 6.37. The fourth-order valence-electron chi connectivity index (χ4n) is 1.82. The zero-order chi connectivity index (χ0) is 12.3. The molecule has 0 saturated heterocycles. The molecule has 3 heteroatoms. The molecule has 0 aliphatic rings. The third-order valence-electron chi connectivity index (χ3n) is 3.21. The van der Waals surface area contributed by atoms with E-state index >= 15 is 0 Å². The van der Waals surface area contributed by atoms with Gasteiger partial charge in [0.25, 0.3) is 0 Å². The largest absolute Gasteiger partial charge is 0.281 e. The summed E-state index contributed by atoms with van der Waals surface area (Å²) in [5.74, 6) is 0.602. The van der Waals surface area contributed by atoms with E-state index in [4.69, 9.17) is 11.6 Å². The molecule has 0 radical (unpaired) electrons. The predicted octanol–water partition coefficient (Wildman–Crippen LogP) is 4.25. The lowest BCUT2D eigenvalue weighted by molar-refractivity contribution is 0.733. The van der Waals surface area contributed by atoms with Gasteiger partial charge < -0.3 is 0 Å². The second-order valence-corrected chi connectivity index (χ2v) is 4.79. The smallest absolute Gasteiger partial charge is 0.100 e. The minimum absolute atomic E-state index is 0.150. The molecular weight excluding hydrogens is 232 g/mol. The minimum Gasteiger partial charge on any atom is -0.281 e. The van der Waals surface area contributed by atoms with Crippen LogP contribution in [0.25, 0.3) is 0 Å². The molecule has 0 aliphatic heterocycles. The van der Waals surface area contributed by atoms with Crippen LogP contribution in [0.1, 0.15) is 48.4 Å². The number of aromatic nitrogens is 2. The van der Waals surface area contributed by atoms with Gasteiger partial charge in [-0.1, -0.05) is 38.1 Å². The summed E-state index contributed by atoms with van der Waals surface area (Å²) < 4.78 is 0. The highest BCUT2D eigenvalue weighted by Crippen LogP contribution is 2.28. The summed E-state index contributed by atoms with van der Waals surface area (Å²) in [5, 5.41) is 6.67. The first-order valence-electron chi connectivity index (χ1n) is 5.95. The monoisotopic (exact) mass is 248 g/mol. The van der Waals surface area contributed by atoms with Gasteiger partial charge in [-0.3, -0.25) is 5.10 Å². The number of nitrogens with one attached hydrogen (secondary N) is 1. The molecule has 1 aromatic heterocycles. The Kier molecular flexibility index (Phi) is 3.85. The van der Waals surface area contributed by atoms with Crippen molar-refractivity contribution in [2.45, 2.75) is 31.6 Å². The molecule has 0 saturated carbocycles. The van der Waals surface area contributed by atoms with Crippen LogP contribution in [0, 0.1) is 0 Å². The molecule has 2 atom stereocenters. The number of nitrogens with zero attached hydrogens (tertiary/aromatic N) is 1. The zero-order valence-electron chi connectivity index (χ0n) is 10.2. The molecule has 2 rings (SSSR count). The third kappa shape index (κ3) is 2.70. The van der Waals surface area contributed by atoms with Crippen LogP contribution in [0.2, 0.25) is 0 Å². The molecule has 1 N–H and O–H groups in total. The van der Waals surface area contributed by atoms with Gasteiger partial charge in [-0.15, -0.1) is 11.6 Å². The second kappa shape index (κ2) is 5.37. The lowest BCUT2D eigenvalue weighted by atomic mass is 9.97. The number of aromatic amines is 1. The van der Waals surface area contributed by atoms with Crippen molar-refractivity contribution < 1.29 is 0 Å². The van der Waals surface area contributed by atoms with Gasteiger partial charge in [0.15, 0.2) is 0 Å². The molecule has 0 fully saturated rings. The van der Waals surface area contributed by atoms with E-state index < -0.39 is 0 Å². The van der Waals surface area contributed by atoms with Crippen LogP contribution in [0.4, 0.5) is 0 Å². The Morgan fingerprint density at radius 3 is 2.35 bits per heavy atom. The van der Waals surface area contributed by atoms with Gasteiger partial charge in [-0.2, -0.15) is 5.10 Å². The highest BCUT2D eigenvalue weighted by Gasteiger charge is 2.12. The quantitative estimate of drug-likeness (QED) is 0.805. The van der Waals surface area contributed by atoms with E-state index in [-0.39, 0.29) is 5.38 Å². The normalized spacial score (nSPS) is 14.5. The first kappa shape index (κ1) is 12.2. The predicted molar refractivity (Wildman–Crippen MR) is 71.4 cm³/mol. The van der Waals surface area contributed by atoms with Gasteiger partial charge in [-0.05, 0) is 29.5 Å². The van der Waals surface area contributed by atoms with Crippen molar-refractivity contribution >= 4 is 11.6 Å². The second-order valence-electron chi connectivity index (χ2n) is 4.35. The van der Waals surface area contributed by atoms with E-state index in [1.54, 1.807) is 6.20 Å². The van der Waals surface area contributed by atoms with Crippen LogP contribution in [0.3, 0.4) is 0 Å². The summed E-state index contributed by atoms with van der Waals surface area (Å²) in [7, 11) is 0. The average molecular weight is 249 g/mol. The zero-order valence-corrected chi connectivity index (χ0v) is 10.9. The van der Waals surface area contributed by atoms with E-state index in [0.29, 0.717) is 5.92 Å². The fraction of sp³-hybridized carbons (Fsp3) is 0.357. The van der Waals surface area contributed by atoms with Crippen molar-refractivity contribution in [1.82, 2.24) is 10.2 Å². The topological polar surface area (TPSA) is 28.7 Å². The minimum atomic E-state index is -0.150. The maximum absolute atomic E-state index is 6.37. The molecule has 1 heterocycles. The van der Waals surface area contributed by atoms with Gasteiger partial charge in [-0.25, -0.2) is 0 Å². The van der Waals surface area contributed by atoms with Gasteiger partial charge in [0.05, 0.1) is 5.69 Å². The number of alkyl halides is 1. The summed E-state index contributed by atoms with van der Waals surface area (Å²) in [6.45, 7) is 4.44. The number of hydrogen-bond donors (Lipinski definition) is 1. The summed E-state index contributed by atoms with van der Waals surface area (Å²) in [6.07, 6.45) is 2.88. The summed E-state index contributed by atoms with van der Waals surface area (Å²) in [4.78, 5) is 0. The molecule has 1 aromatic carbocycles. The van der Waals surface area contributed by atoms with Crippen molar-refractivity contribution in [3.63, 3.8) is 0 Å². The Balaban J connectivity index is 2.18. The van der Waals surface area contributed by atoms with Crippen LogP contribution in [0.5, 0.6) is 0 Å². The molecule has 0 bridgehead atoms. The molecule has 17 heavy (non-hydrogen) atoms. The van der Waals surface area contributed by atoms with E-state index in [1.807, 2.05) is 6.07 Å². The average Bonchev–Trinajstić information content (AvgIpc) is 2.91. The molecule has 2 unspecified atom stereocenters. The van der Waals surface area contributed by atoms with Crippen LogP contribution < -0.4 is 0 Å². The van der Waals surface area contributed by atoms with Crippen LogP contribution in [-0.2, 0) is 0 Å². The number of benzene rings is 1. The van der Waals surface area contributed by atoms with Gasteiger partial charge in [0, 0.05) is 6.20 Å². The standard InChI is InChI=1S/C14H17ClN2/c1-3-10(2)11-4-6-12(7-5-11)14(15)13-8-9-16-17-13/h4-10,14H,3H2,1-2H3,(H,16,17). The SMILES string of the molecule is CCC(C)c1ccc(C(Cl)c2ccn[nH]2)cc1. The van der Waals surface area contributed by atoms with Crippen molar-refractivity contribution in [2.24, 2.45) is 0 Å². The van der Waals surface area contributed by atoms with Crippen LogP contribution in [0.15, 0.2) is 36.5 Å². The molecule has 0 amide bonds. The molecule has 0 spiro atoms. The number of halogens is 1. The molecule has 2 aromatic rings. The lowest BCUT2D eigenvalue weighted by Gasteiger charge is -2.12. The Morgan fingerprint density at radius 2 is 1.82 bits per heavy atom. The lowest BCUT2D eigenvalue weighted by Crippen LogP contribution is -1.96. The highest BCUT2D eigenvalue weighted by molar-refractivity contribution is 6.22. The summed E-state index contributed by atoms with van der Waals surface area (Å²) >= 11 is 6.37. The van der Waals surface area contributed by atoms with Gasteiger partial charge in [0.1, 0.15) is 5.38 Å². The van der Waals surface area contributed by atoms with E-state index in [9.17, 15) is 0 Å². The third-order valence-corrected chi connectivity index (χ3v) is 3.69. The fourth-order valence-corrected chi connectivity index (χ4v) is 2.08. The van der Waals surface area contributed by atoms with Gasteiger partial charge in [0.2, 0.25) is 0 Å². The Morgan fingerprint density at radius 1 is 1.18 bits per heavy atom.